The van der Waals surface area contributed by atoms with Crippen LogP contribution in [0.4, 0.5) is 0 Å². The molecule has 3 heteroatoms. The molecule has 0 aliphatic heterocycles. The van der Waals surface area contributed by atoms with Crippen molar-refractivity contribution in [1.29, 1.82) is 5.26 Å². The Kier molecular flexibility index (Phi) is 3.11. The van der Waals surface area contributed by atoms with Crippen LogP contribution in [-0.2, 0) is 0 Å². The molecule has 2 unspecified atom stereocenters. The first-order valence-electron chi connectivity index (χ1n) is 6.38. The van der Waals surface area contributed by atoms with Crippen LogP contribution in [0.5, 0.6) is 0 Å². The Morgan fingerprint density at radius 2 is 1.45 bits per heavy atom. The average Bonchev–Trinajstić information content (AvgIpc) is 2.52. The first-order chi connectivity index (χ1) is 9.72. The second-order valence-corrected chi connectivity index (χ2v) is 4.75. The molecule has 2 atom stereocenters. The van der Waals surface area contributed by atoms with E-state index in [4.69, 9.17) is 5.26 Å². The van der Waals surface area contributed by atoms with Crippen LogP contribution in [0.3, 0.4) is 0 Å². The number of hydrogen-bond acceptors (Lipinski definition) is 3. The smallest absolute Gasteiger partial charge is 0.170 e. The highest BCUT2D eigenvalue weighted by Crippen LogP contribution is 2.32. The molecule has 0 amide bonds. The van der Waals surface area contributed by atoms with Crippen LogP contribution in [0, 0.1) is 11.3 Å². The monoisotopic (exact) mass is 263 g/mol. The zero-order valence-corrected chi connectivity index (χ0v) is 10.7. The molecule has 0 saturated carbocycles. The second-order valence-electron chi connectivity index (χ2n) is 4.75. The maximum atomic E-state index is 10.2. The van der Waals surface area contributed by atoms with Crippen LogP contribution in [0.2, 0.25) is 0 Å². The molecule has 0 bridgehead atoms. The fraction of sp³-hybridized carbons (Fsp3) is 0.118. The number of benzene rings is 3. The molecule has 3 rings (SSSR count). The molecule has 2 N–H and O–H groups in total. The van der Waals surface area contributed by atoms with Gasteiger partial charge in [0.05, 0.1) is 6.07 Å². The average molecular weight is 263 g/mol. The minimum Gasteiger partial charge on any atom is -0.385 e. The minimum atomic E-state index is -1.43. The van der Waals surface area contributed by atoms with Gasteiger partial charge in [0.1, 0.15) is 6.10 Å². The molecule has 3 aromatic carbocycles. The Balaban J connectivity index is 2.38. The Morgan fingerprint density at radius 3 is 2.15 bits per heavy atom. The predicted octanol–water partition coefficient (Wildman–Crippen LogP) is 2.91. The topological polar surface area (TPSA) is 64.2 Å². The Hall–Kier alpha value is -2.41. The van der Waals surface area contributed by atoms with Crippen molar-refractivity contribution >= 4 is 21.5 Å². The zero-order chi connectivity index (χ0) is 14.1. The van der Waals surface area contributed by atoms with E-state index >= 15 is 0 Å². The summed E-state index contributed by atoms with van der Waals surface area (Å²) < 4.78 is 0. The fourth-order valence-corrected chi connectivity index (χ4v) is 2.57. The van der Waals surface area contributed by atoms with Gasteiger partial charge in [0.15, 0.2) is 6.10 Å². The van der Waals surface area contributed by atoms with E-state index in [1.54, 1.807) is 6.07 Å². The number of rotatable bonds is 2. The van der Waals surface area contributed by atoms with Crippen LogP contribution in [0.15, 0.2) is 54.6 Å². The molecule has 0 aliphatic rings. The quantitative estimate of drug-likeness (QED) is 0.552. The third-order valence-electron chi connectivity index (χ3n) is 3.55. The number of aliphatic hydroxyl groups excluding tert-OH is 2. The summed E-state index contributed by atoms with van der Waals surface area (Å²) in [6, 6.07) is 19.1. The number of hydrogen-bond donors (Lipinski definition) is 2. The van der Waals surface area contributed by atoms with E-state index in [1.807, 2.05) is 54.6 Å². The van der Waals surface area contributed by atoms with E-state index in [-0.39, 0.29) is 0 Å². The molecule has 0 aromatic heterocycles. The molecule has 98 valence electrons. The summed E-state index contributed by atoms with van der Waals surface area (Å²) in [5, 5.41) is 32.5. The molecule has 0 heterocycles. The van der Waals surface area contributed by atoms with E-state index in [1.165, 1.54) is 0 Å². The van der Waals surface area contributed by atoms with E-state index in [9.17, 15) is 10.2 Å². The third kappa shape index (κ3) is 1.92. The van der Waals surface area contributed by atoms with Crippen molar-refractivity contribution in [2.75, 3.05) is 0 Å². The van der Waals surface area contributed by atoms with Crippen LogP contribution < -0.4 is 0 Å². The molecule has 0 fully saturated rings. The largest absolute Gasteiger partial charge is 0.385 e. The van der Waals surface area contributed by atoms with Crippen LogP contribution in [0.25, 0.3) is 21.5 Å². The van der Waals surface area contributed by atoms with E-state index < -0.39 is 12.2 Å². The standard InChI is InChI=1S/C17H13NO2/c18-10-16(19)17(20)15-9-11-5-1-2-6-12(11)13-7-3-4-8-14(13)15/h1-9,16-17,19-20H. The highest BCUT2D eigenvalue weighted by atomic mass is 16.3. The molecule has 3 aromatic rings. The van der Waals surface area contributed by atoms with Crippen molar-refractivity contribution < 1.29 is 10.2 Å². The first-order valence-corrected chi connectivity index (χ1v) is 6.38. The molecule has 0 spiro atoms. The lowest BCUT2D eigenvalue weighted by Gasteiger charge is -2.16. The normalized spacial score (nSPS) is 14.1. The van der Waals surface area contributed by atoms with Gasteiger partial charge in [-0.1, -0.05) is 48.5 Å². The number of nitriles is 1. The highest BCUT2D eigenvalue weighted by molar-refractivity contribution is 6.09. The lowest BCUT2D eigenvalue weighted by Crippen LogP contribution is -2.16. The van der Waals surface area contributed by atoms with E-state index in [0.717, 1.165) is 21.5 Å². The number of fused-ring (bicyclic) bond motifs is 3. The lowest BCUT2D eigenvalue weighted by atomic mass is 9.93. The molecule has 0 radical (unpaired) electrons. The molecular formula is C17H13NO2. The van der Waals surface area contributed by atoms with Crippen molar-refractivity contribution in [3.63, 3.8) is 0 Å². The molecular weight excluding hydrogens is 250 g/mol. The molecule has 3 nitrogen and oxygen atoms in total. The Labute approximate surface area is 116 Å². The maximum absolute atomic E-state index is 10.2. The Bertz CT molecular complexity index is 820. The molecule has 0 aliphatic carbocycles. The third-order valence-corrected chi connectivity index (χ3v) is 3.55. The maximum Gasteiger partial charge on any atom is 0.170 e. The van der Waals surface area contributed by atoms with Gasteiger partial charge < -0.3 is 10.2 Å². The van der Waals surface area contributed by atoms with Gasteiger partial charge in [-0.05, 0) is 33.2 Å². The van der Waals surface area contributed by atoms with Crippen molar-refractivity contribution in [2.24, 2.45) is 0 Å². The second kappa shape index (κ2) is 4.93. The zero-order valence-electron chi connectivity index (χ0n) is 10.7. The fourth-order valence-electron chi connectivity index (χ4n) is 2.57. The van der Waals surface area contributed by atoms with Crippen molar-refractivity contribution in [1.82, 2.24) is 0 Å². The summed E-state index contributed by atoms with van der Waals surface area (Å²) in [5.41, 5.74) is 0.577. The molecule has 20 heavy (non-hydrogen) atoms. The van der Waals surface area contributed by atoms with Gasteiger partial charge >= 0.3 is 0 Å². The van der Waals surface area contributed by atoms with Gasteiger partial charge in [0.2, 0.25) is 0 Å². The number of aliphatic hydroxyl groups is 2. The van der Waals surface area contributed by atoms with Crippen LogP contribution in [-0.4, -0.2) is 16.3 Å². The SMILES string of the molecule is N#CC(O)C(O)c1cc2ccccc2c2ccccc12. The summed E-state index contributed by atoms with van der Waals surface area (Å²) in [7, 11) is 0. The minimum absolute atomic E-state index is 0.577. The summed E-state index contributed by atoms with van der Waals surface area (Å²) in [6.45, 7) is 0. The summed E-state index contributed by atoms with van der Waals surface area (Å²) in [5.74, 6) is 0. The van der Waals surface area contributed by atoms with Crippen LogP contribution >= 0.6 is 0 Å². The summed E-state index contributed by atoms with van der Waals surface area (Å²) in [6.07, 6.45) is -2.64. The van der Waals surface area contributed by atoms with Gasteiger partial charge in [-0.3, -0.25) is 0 Å². The van der Waals surface area contributed by atoms with Crippen molar-refractivity contribution in [3.8, 4) is 6.07 Å². The first kappa shape index (κ1) is 12.6. The number of nitrogens with zero attached hydrogens (tertiary/aromatic N) is 1. The van der Waals surface area contributed by atoms with Gasteiger partial charge in [-0.15, -0.1) is 0 Å². The van der Waals surface area contributed by atoms with Gasteiger partial charge in [0.25, 0.3) is 0 Å². The highest BCUT2D eigenvalue weighted by Gasteiger charge is 2.20. The van der Waals surface area contributed by atoms with Gasteiger partial charge in [0, 0.05) is 0 Å². The van der Waals surface area contributed by atoms with E-state index in [2.05, 4.69) is 0 Å². The van der Waals surface area contributed by atoms with Crippen molar-refractivity contribution in [2.45, 2.75) is 12.2 Å². The van der Waals surface area contributed by atoms with Crippen molar-refractivity contribution in [3.05, 3.63) is 60.2 Å². The molecule has 0 saturated heterocycles. The van der Waals surface area contributed by atoms with Gasteiger partial charge in [-0.2, -0.15) is 5.26 Å². The lowest BCUT2D eigenvalue weighted by molar-refractivity contribution is 0.0538. The van der Waals surface area contributed by atoms with Gasteiger partial charge in [-0.25, -0.2) is 0 Å². The summed E-state index contributed by atoms with van der Waals surface area (Å²) >= 11 is 0. The predicted molar refractivity (Wildman–Crippen MR) is 78.0 cm³/mol. The van der Waals surface area contributed by atoms with Crippen LogP contribution in [0.1, 0.15) is 11.7 Å². The Morgan fingerprint density at radius 1 is 0.850 bits per heavy atom. The summed E-state index contributed by atoms with van der Waals surface area (Å²) in [4.78, 5) is 0. The van der Waals surface area contributed by atoms with E-state index in [0.29, 0.717) is 5.56 Å².